The highest BCUT2D eigenvalue weighted by Crippen LogP contribution is 2.39. The van der Waals surface area contributed by atoms with Gasteiger partial charge in [-0.15, -0.1) is 11.8 Å². The maximum atomic E-state index is 13.1. The molecule has 172 valence electrons. The lowest BCUT2D eigenvalue weighted by molar-refractivity contribution is -0.135. The largest absolute Gasteiger partial charge is 0.389 e. The second-order valence-corrected chi connectivity index (χ2v) is 9.68. The maximum absolute atomic E-state index is 13.1. The third-order valence-corrected chi connectivity index (χ3v) is 6.83. The standard InChI is InChI=1S/C23H24ClF3N2O2S/c1-14-21(28)22(31)29(13-15-5-8-17(24)9-6-15)18-12-16(7-10-20(18)32-14)19(30)4-2-3-11-23(25,26)27/h5-10,12,14,21H,2-4,11,13,28H2,1H3/t14-,21+/m1/s1. The number of fused-ring (bicyclic) bond motifs is 1. The van der Waals surface area contributed by atoms with Crippen LogP contribution in [-0.4, -0.2) is 29.2 Å². The lowest BCUT2D eigenvalue weighted by atomic mass is 10.0. The van der Waals surface area contributed by atoms with Gasteiger partial charge in [-0.1, -0.05) is 36.7 Å². The van der Waals surface area contributed by atoms with Crippen LogP contribution >= 0.6 is 23.4 Å². The molecule has 1 aliphatic rings. The molecule has 2 aromatic carbocycles. The van der Waals surface area contributed by atoms with Gasteiger partial charge in [-0.05, 0) is 42.7 Å². The molecule has 1 heterocycles. The van der Waals surface area contributed by atoms with Crippen molar-refractivity contribution in [3.05, 3.63) is 58.6 Å². The van der Waals surface area contributed by atoms with Gasteiger partial charge in [-0.3, -0.25) is 9.59 Å². The number of carbonyl (C=O) groups is 2. The first-order valence-electron chi connectivity index (χ1n) is 10.3. The molecule has 0 aliphatic carbocycles. The SMILES string of the molecule is C[C@H]1Sc2ccc(C(=O)CCCCC(F)(F)F)cc2N(Cc2ccc(Cl)cc2)C(=O)[C@H]1N. The summed E-state index contributed by atoms with van der Waals surface area (Å²) in [5.41, 5.74) is 7.99. The molecule has 9 heteroatoms. The number of halogens is 4. The number of amides is 1. The molecular weight excluding hydrogens is 461 g/mol. The van der Waals surface area contributed by atoms with E-state index in [0.29, 0.717) is 16.3 Å². The number of alkyl halides is 3. The van der Waals surface area contributed by atoms with Gasteiger partial charge in [-0.2, -0.15) is 13.2 Å². The predicted octanol–water partition coefficient (Wildman–Crippen LogP) is 6.00. The molecule has 2 aromatic rings. The minimum atomic E-state index is -4.22. The molecule has 2 atom stereocenters. The number of hydrogen-bond acceptors (Lipinski definition) is 4. The van der Waals surface area contributed by atoms with E-state index in [2.05, 4.69) is 0 Å². The Morgan fingerprint density at radius 2 is 1.84 bits per heavy atom. The topological polar surface area (TPSA) is 63.4 Å². The van der Waals surface area contributed by atoms with Crippen LogP contribution in [-0.2, 0) is 11.3 Å². The van der Waals surface area contributed by atoms with E-state index in [1.165, 1.54) is 11.8 Å². The molecule has 0 radical (unpaired) electrons. The van der Waals surface area contributed by atoms with Crippen LogP contribution in [0.5, 0.6) is 0 Å². The number of unbranched alkanes of at least 4 members (excludes halogenated alkanes) is 1. The highest BCUT2D eigenvalue weighted by molar-refractivity contribution is 8.00. The molecule has 0 unspecified atom stereocenters. The molecular formula is C23H24ClF3N2O2S. The Balaban J connectivity index is 1.85. The van der Waals surface area contributed by atoms with Gasteiger partial charge in [0.05, 0.1) is 18.3 Å². The van der Waals surface area contributed by atoms with Gasteiger partial charge < -0.3 is 10.6 Å². The van der Waals surface area contributed by atoms with Gasteiger partial charge >= 0.3 is 6.18 Å². The van der Waals surface area contributed by atoms with Crippen molar-refractivity contribution in [2.45, 2.75) is 61.5 Å². The second-order valence-electron chi connectivity index (χ2n) is 7.83. The number of thioether (sulfide) groups is 1. The summed E-state index contributed by atoms with van der Waals surface area (Å²) >= 11 is 7.42. The lowest BCUT2D eigenvalue weighted by Crippen LogP contribution is -2.47. The van der Waals surface area contributed by atoms with Crippen molar-refractivity contribution in [3.8, 4) is 0 Å². The summed E-state index contributed by atoms with van der Waals surface area (Å²) in [5.74, 6) is -0.506. The summed E-state index contributed by atoms with van der Waals surface area (Å²) < 4.78 is 37.0. The Kier molecular flexibility index (Phi) is 7.90. The van der Waals surface area contributed by atoms with Crippen LogP contribution in [0.15, 0.2) is 47.4 Å². The molecule has 3 rings (SSSR count). The quantitative estimate of drug-likeness (QED) is 0.386. The summed E-state index contributed by atoms with van der Waals surface area (Å²) in [5, 5.41) is 0.413. The molecule has 1 aliphatic heterocycles. The number of nitrogens with zero attached hydrogens (tertiary/aromatic N) is 1. The molecule has 0 bridgehead atoms. The number of nitrogens with two attached hydrogens (primary N) is 1. The van der Waals surface area contributed by atoms with Gasteiger partial charge in [0.2, 0.25) is 5.91 Å². The normalized spacial score (nSPS) is 18.9. The fourth-order valence-electron chi connectivity index (χ4n) is 3.47. The number of anilines is 1. The predicted molar refractivity (Wildman–Crippen MR) is 121 cm³/mol. The van der Waals surface area contributed by atoms with E-state index in [1.54, 1.807) is 35.2 Å². The summed E-state index contributed by atoms with van der Waals surface area (Å²) in [6.07, 6.45) is -5.05. The number of rotatable bonds is 7. The minimum Gasteiger partial charge on any atom is -0.319 e. The number of hydrogen-bond donors (Lipinski definition) is 1. The molecule has 0 aromatic heterocycles. The van der Waals surface area contributed by atoms with Crippen LogP contribution in [0.4, 0.5) is 18.9 Å². The molecule has 0 fully saturated rings. The van der Waals surface area contributed by atoms with Gasteiger partial charge in [0, 0.05) is 33.6 Å². The summed E-state index contributed by atoms with van der Waals surface area (Å²) in [7, 11) is 0. The van der Waals surface area contributed by atoms with Crippen LogP contribution in [0, 0.1) is 0 Å². The van der Waals surface area contributed by atoms with Crippen molar-refractivity contribution in [2.75, 3.05) is 4.90 Å². The molecule has 4 nitrogen and oxygen atoms in total. The Morgan fingerprint density at radius 3 is 2.50 bits per heavy atom. The van der Waals surface area contributed by atoms with Crippen molar-refractivity contribution in [1.82, 2.24) is 0 Å². The van der Waals surface area contributed by atoms with Crippen LogP contribution in [0.25, 0.3) is 0 Å². The summed E-state index contributed by atoms with van der Waals surface area (Å²) in [6.45, 7) is 2.13. The monoisotopic (exact) mass is 484 g/mol. The zero-order valence-corrected chi connectivity index (χ0v) is 19.1. The minimum absolute atomic E-state index is 0.0169. The number of Topliss-reactive ketones (excluding diaryl/α,β-unsaturated/α-hetero) is 1. The van der Waals surface area contributed by atoms with Gasteiger partial charge in [0.15, 0.2) is 5.78 Å². The van der Waals surface area contributed by atoms with Crippen molar-refractivity contribution in [2.24, 2.45) is 5.73 Å². The number of benzene rings is 2. The maximum Gasteiger partial charge on any atom is 0.389 e. The third-order valence-electron chi connectivity index (χ3n) is 5.31. The number of carbonyl (C=O) groups excluding carboxylic acids is 2. The van der Waals surface area contributed by atoms with Crippen LogP contribution in [0.1, 0.15) is 48.5 Å². The summed E-state index contributed by atoms with van der Waals surface area (Å²) in [6, 6.07) is 11.5. The first-order valence-corrected chi connectivity index (χ1v) is 11.5. The molecule has 1 amide bonds. The van der Waals surface area contributed by atoms with E-state index in [0.717, 1.165) is 10.5 Å². The highest BCUT2D eigenvalue weighted by Gasteiger charge is 2.33. The van der Waals surface area contributed by atoms with Crippen molar-refractivity contribution in [3.63, 3.8) is 0 Å². The fraction of sp³-hybridized carbons (Fsp3) is 0.391. The van der Waals surface area contributed by atoms with Crippen molar-refractivity contribution < 1.29 is 22.8 Å². The molecule has 0 spiro atoms. The fourth-order valence-corrected chi connectivity index (χ4v) is 4.69. The van der Waals surface area contributed by atoms with Crippen LogP contribution < -0.4 is 10.6 Å². The number of ketones is 1. The van der Waals surface area contributed by atoms with E-state index in [-0.39, 0.29) is 42.7 Å². The van der Waals surface area contributed by atoms with E-state index >= 15 is 0 Å². The van der Waals surface area contributed by atoms with Crippen LogP contribution in [0.3, 0.4) is 0 Å². The van der Waals surface area contributed by atoms with Gasteiger partial charge in [0.1, 0.15) is 0 Å². The molecule has 0 saturated heterocycles. The van der Waals surface area contributed by atoms with E-state index in [1.807, 2.05) is 19.1 Å². The third kappa shape index (κ3) is 6.27. The smallest absolute Gasteiger partial charge is 0.319 e. The lowest BCUT2D eigenvalue weighted by Gasteiger charge is -2.25. The molecule has 32 heavy (non-hydrogen) atoms. The summed E-state index contributed by atoms with van der Waals surface area (Å²) in [4.78, 5) is 28.2. The average molecular weight is 485 g/mol. The van der Waals surface area contributed by atoms with E-state index in [4.69, 9.17) is 17.3 Å². The zero-order valence-electron chi connectivity index (χ0n) is 17.5. The highest BCUT2D eigenvalue weighted by atomic mass is 35.5. The first-order chi connectivity index (χ1) is 15.0. The second kappa shape index (κ2) is 10.3. The van der Waals surface area contributed by atoms with Crippen molar-refractivity contribution in [1.29, 1.82) is 0 Å². The molecule has 0 saturated carbocycles. The molecule has 2 N–H and O–H groups in total. The Bertz CT molecular complexity index is 982. The Labute approximate surface area is 194 Å². The van der Waals surface area contributed by atoms with E-state index in [9.17, 15) is 22.8 Å². The Hall–Kier alpha value is -2.03. The van der Waals surface area contributed by atoms with E-state index < -0.39 is 18.6 Å². The van der Waals surface area contributed by atoms with Crippen molar-refractivity contribution >= 4 is 40.7 Å². The zero-order chi connectivity index (χ0) is 23.5. The first kappa shape index (κ1) is 24.6. The average Bonchev–Trinajstić information content (AvgIpc) is 2.82. The van der Waals surface area contributed by atoms with Gasteiger partial charge in [-0.25, -0.2) is 0 Å². The Morgan fingerprint density at radius 1 is 1.16 bits per heavy atom. The van der Waals surface area contributed by atoms with Crippen LogP contribution in [0.2, 0.25) is 5.02 Å². The van der Waals surface area contributed by atoms with Gasteiger partial charge in [0.25, 0.3) is 0 Å².